The second-order valence-electron chi connectivity index (χ2n) is 44.6. The van der Waals surface area contributed by atoms with Gasteiger partial charge in [0.05, 0.1) is 51.2 Å². The molecule has 0 spiro atoms. The van der Waals surface area contributed by atoms with Crippen molar-refractivity contribution >= 4 is 85.0 Å². The van der Waals surface area contributed by atoms with Crippen LogP contribution in [0.5, 0.6) is 0 Å². The summed E-state index contributed by atoms with van der Waals surface area (Å²) in [6, 6.07) is 38.7. The molecule has 0 N–H and O–H groups in total. The van der Waals surface area contributed by atoms with E-state index in [4.69, 9.17) is 43.6 Å². The summed E-state index contributed by atoms with van der Waals surface area (Å²) in [7, 11) is 2.10. The Bertz CT molecular complexity index is 5250. The van der Waals surface area contributed by atoms with Crippen LogP contribution >= 0.6 is 0 Å². The Morgan fingerprint density at radius 3 is 0.824 bits per heavy atom. The number of carbonyl (C=O) groups is 5. The lowest BCUT2D eigenvalue weighted by Gasteiger charge is -2.38. The Balaban J connectivity index is 0.000000163. The molecule has 20 nitrogen and oxygen atoms in total. The van der Waals surface area contributed by atoms with Crippen molar-refractivity contribution in [2.75, 3.05) is 0 Å². The molecule has 0 bridgehead atoms. The first kappa shape index (κ1) is 107. The van der Waals surface area contributed by atoms with Gasteiger partial charge >= 0.3 is 29.8 Å². The van der Waals surface area contributed by atoms with Crippen molar-refractivity contribution in [3.8, 4) is 0 Å². The lowest BCUT2D eigenvalue weighted by Crippen LogP contribution is -2.42. The number of para-hydroxylation sites is 10. The molecule has 5 unspecified atom stereocenters. The largest absolute Gasteiger partial charge is 0.461 e. The van der Waals surface area contributed by atoms with Gasteiger partial charge in [0.1, 0.15) is 78.0 Å². The number of hydrogen-bond acceptors (Lipinski definition) is 14. The van der Waals surface area contributed by atoms with E-state index < -0.39 is 0 Å². The van der Waals surface area contributed by atoms with Gasteiger partial charge in [0.15, 0.2) is 11.0 Å². The van der Waals surface area contributed by atoms with Crippen molar-refractivity contribution in [3.05, 3.63) is 150 Å². The molecule has 5 aliphatic rings. The van der Waals surface area contributed by atoms with Crippen LogP contribution in [0.15, 0.2) is 121 Å². The molecule has 5 aliphatic carbocycles. The number of carbonyl (C=O) groups excluding carboxylic acids is 5. The molecule has 5 aromatic carbocycles. The summed E-state index contributed by atoms with van der Waals surface area (Å²) in [5.74, 6) is 12.6. The molecule has 0 saturated heterocycles. The summed E-state index contributed by atoms with van der Waals surface area (Å²) in [6.07, 6.45) is 21.0. The molecule has 136 heavy (non-hydrogen) atoms. The molecule has 0 aliphatic heterocycles. The Kier molecular flexibility index (Phi) is 37.9. The fourth-order valence-corrected chi connectivity index (χ4v) is 23.3. The maximum absolute atomic E-state index is 13.8. The zero-order chi connectivity index (χ0) is 99.2. The molecular weight excluding hydrogens is 1690 g/mol. The third kappa shape index (κ3) is 25.3. The van der Waals surface area contributed by atoms with Crippen molar-refractivity contribution in [1.29, 1.82) is 0 Å². The Hall–Kier alpha value is -9.20. The third-order valence-electron chi connectivity index (χ3n) is 31.2. The number of imidazole rings is 5. The minimum atomic E-state index is -0.359. The summed E-state index contributed by atoms with van der Waals surface area (Å²) >= 11 is 0. The van der Waals surface area contributed by atoms with Crippen LogP contribution in [0.25, 0.3) is 55.2 Å². The van der Waals surface area contributed by atoms with Crippen LogP contribution in [0.1, 0.15) is 350 Å². The van der Waals surface area contributed by atoms with Crippen LogP contribution < -0.4 is 4.57 Å². The number of ether oxygens (including phenoxy) is 5. The molecule has 20 heteroatoms. The van der Waals surface area contributed by atoms with E-state index in [0.29, 0.717) is 88.8 Å². The first-order valence-corrected chi connectivity index (χ1v) is 53.0. The monoisotopic (exact) mass is 1870 g/mol. The molecule has 15 rings (SSSR count). The average Bonchev–Trinajstić information content (AvgIpc) is 1.59. The van der Waals surface area contributed by atoms with Crippen molar-refractivity contribution in [1.82, 2.24) is 42.8 Å². The average molecular weight is 1870 g/mol. The van der Waals surface area contributed by atoms with Crippen LogP contribution in [0.4, 0.5) is 0 Å². The third-order valence-corrected chi connectivity index (χ3v) is 31.2. The molecule has 5 saturated carbocycles. The number of rotatable bonds is 26. The smallest absolute Gasteiger partial charge is 0.352 e. The lowest BCUT2D eigenvalue weighted by molar-refractivity contribution is -0.654. The molecule has 10 aromatic rings. The van der Waals surface area contributed by atoms with E-state index in [9.17, 15) is 24.0 Å². The highest BCUT2D eigenvalue weighted by Gasteiger charge is 2.47. The molecule has 0 radical (unpaired) electrons. The van der Waals surface area contributed by atoms with Gasteiger partial charge in [-0.3, -0.25) is 0 Å². The molecule has 0 amide bonds. The van der Waals surface area contributed by atoms with Crippen LogP contribution in [-0.4, -0.2) is 103 Å². The maximum atomic E-state index is 13.8. The molecular formula is C116H173N10O10+. The number of aryl methyl sites for hydroxylation is 5. The van der Waals surface area contributed by atoms with E-state index in [1.807, 2.05) is 125 Å². The van der Waals surface area contributed by atoms with Crippen LogP contribution in [0.3, 0.4) is 0 Å². The van der Waals surface area contributed by atoms with Crippen molar-refractivity contribution in [3.63, 3.8) is 0 Å². The van der Waals surface area contributed by atoms with Gasteiger partial charge in [-0.1, -0.05) is 266 Å². The van der Waals surface area contributed by atoms with Crippen molar-refractivity contribution in [2.45, 2.75) is 383 Å². The summed E-state index contributed by atoms with van der Waals surface area (Å²) in [5, 5.41) is 0. The van der Waals surface area contributed by atoms with Crippen LogP contribution in [0, 0.1) is 100 Å². The Morgan fingerprint density at radius 1 is 0.324 bits per heavy atom. The van der Waals surface area contributed by atoms with Gasteiger partial charge in [-0.25, -0.2) is 53.0 Å². The van der Waals surface area contributed by atoms with E-state index in [1.165, 1.54) is 32.1 Å². The fourth-order valence-electron chi connectivity index (χ4n) is 23.3. The highest BCUT2D eigenvalue weighted by atomic mass is 16.6. The normalized spacial score (nSPS) is 24.4. The van der Waals surface area contributed by atoms with Gasteiger partial charge in [-0.15, -0.1) is 0 Å². The van der Waals surface area contributed by atoms with Gasteiger partial charge in [-0.2, -0.15) is 0 Å². The highest BCUT2D eigenvalue weighted by Crippen LogP contribution is 2.45. The highest BCUT2D eigenvalue weighted by molar-refractivity contribution is 5.85. The van der Waals surface area contributed by atoms with E-state index in [1.54, 1.807) is 0 Å². The molecule has 5 aromatic heterocycles. The first-order chi connectivity index (χ1) is 64.6. The van der Waals surface area contributed by atoms with Gasteiger partial charge in [0.2, 0.25) is 6.04 Å². The van der Waals surface area contributed by atoms with Crippen molar-refractivity contribution in [2.24, 2.45) is 107 Å². The lowest BCUT2D eigenvalue weighted by atomic mass is 9.75. The topological polar surface area (TPSA) is 212 Å². The zero-order valence-corrected chi connectivity index (χ0v) is 88.8. The molecule has 5 fully saturated rings. The van der Waals surface area contributed by atoms with E-state index in [0.717, 1.165) is 181 Å². The van der Waals surface area contributed by atoms with E-state index in [-0.39, 0.29) is 102 Å². The SMILES string of the molecule is CCc1n([C@@H](C(=O)OC2C[C@H](C)CC[C@H]2C(C)C)C(C)(C)C)c2ccccc2[n+]1C.CCc1nc2ccccc2n1[C@@H](C(=O)OC1C[C@H](C)CC[C@H]1C(C)C)C(C)C.CCc1nc2ccccc2n1[C@@H](C)C(=O)OC1C[C@H](C)CC[C@H]1C(C)C.CCc1nc2ccccc2n1[C@H](C)C(=O)OC1C[C@@H](C)CC[C@@H]1C(C)C.CCc1nc2ccccc2n1[C@H](C)C(=O)OC1C[C@H](C)CC[C@H]1C(C)C. The fraction of sp³-hybridized carbons (Fsp3) is 0.655. The summed E-state index contributed by atoms with van der Waals surface area (Å²) < 4.78 is 43.6. The number of nitrogens with zero attached hydrogens (tertiary/aromatic N) is 10. The van der Waals surface area contributed by atoms with Crippen molar-refractivity contribution < 1.29 is 52.2 Å². The molecule has 5 heterocycles. The minimum Gasteiger partial charge on any atom is -0.461 e. The number of aromatic nitrogens is 10. The summed E-state index contributed by atoms with van der Waals surface area (Å²) in [6.45, 7) is 60.8. The quantitative estimate of drug-likeness (QED) is 0.0280. The number of esters is 5. The number of benzene rings is 5. The minimum absolute atomic E-state index is 0.0201. The number of hydrogen-bond donors (Lipinski definition) is 0. The van der Waals surface area contributed by atoms with Gasteiger partial charge in [0, 0.05) is 37.5 Å². The number of fused-ring (bicyclic) bond motifs is 5. The molecule has 746 valence electrons. The Labute approximate surface area is 815 Å². The van der Waals surface area contributed by atoms with Gasteiger partial charge < -0.3 is 42.0 Å². The van der Waals surface area contributed by atoms with Gasteiger partial charge in [-0.05, 0) is 240 Å². The predicted octanol–water partition coefficient (Wildman–Crippen LogP) is 26.9. The first-order valence-electron chi connectivity index (χ1n) is 53.0. The van der Waals surface area contributed by atoms with Crippen LogP contribution in [0.2, 0.25) is 0 Å². The van der Waals surface area contributed by atoms with E-state index in [2.05, 4.69) is 224 Å². The summed E-state index contributed by atoms with van der Waals surface area (Å²) in [5.41, 5.74) is 9.80. The Morgan fingerprint density at radius 2 is 0.566 bits per heavy atom. The maximum Gasteiger partial charge on any atom is 0.352 e. The summed E-state index contributed by atoms with van der Waals surface area (Å²) in [4.78, 5) is 85.2. The predicted molar refractivity (Wildman–Crippen MR) is 552 cm³/mol. The van der Waals surface area contributed by atoms with E-state index >= 15 is 0 Å². The standard InChI is InChI=1S/C26H41N2O2.C24H36N2O2.3C22H32N2O2/c1-9-23-27(8)20-12-10-11-13-21(20)28(23)24(26(5,6)7)25(29)30-22-16-18(4)14-15-19(22)17(2)3;1-7-22-25-19-10-8-9-11-20(19)26(22)23(16(4)5)24(27)28-21-14-17(6)12-13-18(21)15(2)3;3*1-6-21-23-18-9-7-8-10-19(18)24(21)16(5)22(25)26-20-13-15(4)11-12-17(20)14(2)3/h10-13,17-19,22,24H,9,14-16H2,1-8H3;8-11,15-18,21,23H,7,12-14H2,1-6H3;3*7-10,14-17,20H,6,11-13H2,1-5H3/q+1;;;;/t18-,19+,22?,24+;17-,18+,21?,23-;2*15-,16+,17+,20?;15-,16-,17+,20?/m11101/s1. The zero-order valence-electron chi connectivity index (χ0n) is 88.8. The van der Waals surface area contributed by atoms with Crippen LogP contribution in [-0.2, 0) is 86.8 Å². The van der Waals surface area contributed by atoms with Gasteiger partial charge in [0.25, 0.3) is 5.82 Å². The molecule has 20 atom stereocenters. The second-order valence-corrected chi connectivity index (χ2v) is 44.6. The second kappa shape index (κ2) is 48.1.